The number of amides is 1. The number of hydrogen-bond donors (Lipinski definition) is 2. The van der Waals surface area contributed by atoms with Crippen molar-refractivity contribution in [3.63, 3.8) is 0 Å². The third kappa shape index (κ3) is 4.12. The number of carbonyl (C=O) groups excluding carboxylic acids is 1. The molecular weight excluding hydrogens is 358 g/mol. The van der Waals surface area contributed by atoms with Crippen LogP contribution in [-0.2, 0) is 17.6 Å². The van der Waals surface area contributed by atoms with Crippen LogP contribution in [-0.4, -0.2) is 55.4 Å². The summed E-state index contributed by atoms with van der Waals surface area (Å²) in [7, 11) is 0. The second-order valence-corrected chi connectivity index (χ2v) is 7.25. The minimum absolute atomic E-state index is 0.000243. The third-order valence-electron chi connectivity index (χ3n) is 5.04. The highest BCUT2D eigenvalue weighted by atomic mass is 16.5. The Kier molecular flexibility index (Phi) is 5.21. The van der Waals surface area contributed by atoms with Gasteiger partial charge in [0, 0.05) is 43.1 Å². The minimum Gasteiger partial charge on any atom is -0.391 e. The molecule has 2 N–H and O–H groups in total. The Morgan fingerprint density at radius 1 is 1.32 bits per heavy atom. The van der Waals surface area contributed by atoms with Gasteiger partial charge in [-0.2, -0.15) is 10.1 Å². The number of aliphatic hydroxyl groups excluding tert-OH is 1. The van der Waals surface area contributed by atoms with Gasteiger partial charge in [-0.25, -0.2) is 0 Å². The fourth-order valence-corrected chi connectivity index (χ4v) is 3.54. The largest absolute Gasteiger partial charge is 0.391 e. The number of nitrogens with zero attached hydrogens (tertiary/aromatic N) is 4. The molecule has 1 saturated heterocycles. The van der Waals surface area contributed by atoms with Crippen molar-refractivity contribution in [2.75, 3.05) is 13.1 Å². The van der Waals surface area contributed by atoms with Gasteiger partial charge >= 0.3 is 0 Å². The number of aromatic amines is 1. The average molecular weight is 381 g/mol. The maximum atomic E-state index is 12.5. The van der Waals surface area contributed by atoms with Crippen LogP contribution in [0.25, 0.3) is 11.4 Å². The van der Waals surface area contributed by atoms with Crippen molar-refractivity contribution in [1.82, 2.24) is 25.2 Å². The van der Waals surface area contributed by atoms with E-state index in [9.17, 15) is 9.90 Å². The number of β-amino-alcohol motifs (C(OH)–C–C–N with tert-alkyl or cyclic N) is 1. The standard InChI is InChI=1S/C20H23N5O3/c1-13-9-16(23-22-13)10-15-11-25(12-17(15)26)19(27)8-7-18-21-20(24-28-18)14-5-3-2-4-6-14/h2-6,9,15,17,26H,7-8,10-12H2,1H3,(H,22,23)/t15-,17-/m1/s1. The molecule has 0 bridgehead atoms. The highest BCUT2D eigenvalue weighted by Gasteiger charge is 2.34. The lowest BCUT2D eigenvalue weighted by atomic mass is 10.0. The summed E-state index contributed by atoms with van der Waals surface area (Å²) in [4.78, 5) is 18.6. The summed E-state index contributed by atoms with van der Waals surface area (Å²) in [5.74, 6) is 0.948. The Morgan fingerprint density at radius 2 is 2.14 bits per heavy atom. The highest BCUT2D eigenvalue weighted by molar-refractivity contribution is 5.76. The van der Waals surface area contributed by atoms with Gasteiger partial charge in [0.1, 0.15) is 0 Å². The molecule has 0 radical (unpaired) electrons. The third-order valence-corrected chi connectivity index (χ3v) is 5.04. The summed E-state index contributed by atoms with van der Waals surface area (Å²) in [5, 5.41) is 21.4. The van der Waals surface area contributed by atoms with Gasteiger partial charge in [0.25, 0.3) is 0 Å². The molecule has 1 aliphatic heterocycles. The summed E-state index contributed by atoms with van der Waals surface area (Å²) in [6.45, 7) is 2.83. The zero-order valence-electron chi connectivity index (χ0n) is 15.7. The number of aryl methyl sites for hydroxylation is 2. The second kappa shape index (κ2) is 7.93. The fourth-order valence-electron chi connectivity index (χ4n) is 3.54. The van der Waals surface area contributed by atoms with E-state index in [1.54, 1.807) is 4.90 Å². The van der Waals surface area contributed by atoms with E-state index in [1.807, 2.05) is 43.3 Å². The van der Waals surface area contributed by atoms with Crippen LogP contribution in [0.2, 0.25) is 0 Å². The Balaban J connectivity index is 1.30. The quantitative estimate of drug-likeness (QED) is 0.674. The molecule has 0 spiro atoms. The van der Waals surface area contributed by atoms with Gasteiger partial charge in [-0.1, -0.05) is 35.5 Å². The van der Waals surface area contributed by atoms with Crippen LogP contribution in [0.1, 0.15) is 23.7 Å². The van der Waals surface area contributed by atoms with Crippen molar-refractivity contribution in [3.05, 3.63) is 53.7 Å². The molecule has 3 aromatic rings. The average Bonchev–Trinajstić information content (AvgIpc) is 3.42. The predicted molar refractivity (Wildman–Crippen MR) is 101 cm³/mol. The van der Waals surface area contributed by atoms with Crippen molar-refractivity contribution >= 4 is 5.91 Å². The molecule has 0 saturated carbocycles. The topological polar surface area (TPSA) is 108 Å². The van der Waals surface area contributed by atoms with E-state index in [0.29, 0.717) is 37.6 Å². The van der Waals surface area contributed by atoms with Crippen molar-refractivity contribution in [2.45, 2.75) is 32.3 Å². The van der Waals surface area contributed by atoms with Crippen molar-refractivity contribution in [3.8, 4) is 11.4 Å². The monoisotopic (exact) mass is 381 g/mol. The Morgan fingerprint density at radius 3 is 2.89 bits per heavy atom. The number of hydrogen-bond acceptors (Lipinski definition) is 6. The minimum atomic E-state index is -0.533. The predicted octanol–water partition coefficient (Wildman–Crippen LogP) is 1.76. The molecule has 8 nitrogen and oxygen atoms in total. The lowest BCUT2D eigenvalue weighted by Crippen LogP contribution is -2.29. The number of nitrogens with one attached hydrogen (secondary N) is 1. The number of carbonyl (C=O) groups is 1. The van der Waals surface area contributed by atoms with Crippen molar-refractivity contribution in [2.24, 2.45) is 5.92 Å². The van der Waals surface area contributed by atoms with E-state index in [0.717, 1.165) is 17.0 Å². The molecule has 8 heteroatoms. The van der Waals surface area contributed by atoms with E-state index in [2.05, 4.69) is 20.3 Å². The van der Waals surface area contributed by atoms with Crippen LogP contribution in [0.4, 0.5) is 0 Å². The number of H-pyrrole nitrogens is 1. The van der Waals surface area contributed by atoms with E-state index in [4.69, 9.17) is 4.52 Å². The summed E-state index contributed by atoms with van der Waals surface area (Å²) >= 11 is 0. The van der Waals surface area contributed by atoms with Gasteiger partial charge in [0.2, 0.25) is 17.6 Å². The van der Waals surface area contributed by atoms with Crippen LogP contribution in [0, 0.1) is 12.8 Å². The first-order valence-electron chi connectivity index (χ1n) is 9.43. The lowest BCUT2D eigenvalue weighted by molar-refractivity contribution is -0.130. The summed E-state index contributed by atoms with van der Waals surface area (Å²) in [6, 6.07) is 11.5. The first-order valence-corrected chi connectivity index (χ1v) is 9.43. The number of rotatable bonds is 6. The molecule has 146 valence electrons. The first-order chi connectivity index (χ1) is 13.6. The highest BCUT2D eigenvalue weighted by Crippen LogP contribution is 2.22. The molecule has 1 fully saturated rings. The molecule has 28 heavy (non-hydrogen) atoms. The summed E-state index contributed by atoms with van der Waals surface area (Å²) in [6.07, 6.45) is 0.777. The van der Waals surface area contributed by atoms with Crippen LogP contribution in [0.3, 0.4) is 0 Å². The molecule has 2 atom stereocenters. The second-order valence-electron chi connectivity index (χ2n) is 7.25. The van der Waals surface area contributed by atoms with Crippen LogP contribution in [0.15, 0.2) is 40.9 Å². The fraction of sp³-hybridized carbons (Fsp3) is 0.400. The van der Waals surface area contributed by atoms with Crippen LogP contribution >= 0.6 is 0 Å². The lowest BCUT2D eigenvalue weighted by Gasteiger charge is -2.15. The number of likely N-dealkylation sites (tertiary alicyclic amines) is 1. The number of benzene rings is 1. The molecule has 2 aromatic heterocycles. The zero-order valence-corrected chi connectivity index (χ0v) is 15.7. The molecule has 1 aromatic carbocycles. The van der Waals surface area contributed by atoms with Gasteiger partial charge in [0.15, 0.2) is 0 Å². The van der Waals surface area contributed by atoms with Crippen LogP contribution in [0.5, 0.6) is 0 Å². The molecule has 1 amide bonds. The Bertz CT molecular complexity index is 936. The van der Waals surface area contributed by atoms with Gasteiger partial charge in [-0.3, -0.25) is 9.89 Å². The van der Waals surface area contributed by atoms with E-state index >= 15 is 0 Å². The zero-order chi connectivity index (χ0) is 19.5. The van der Waals surface area contributed by atoms with Crippen molar-refractivity contribution in [1.29, 1.82) is 0 Å². The Hall–Kier alpha value is -3.00. The molecule has 0 aliphatic carbocycles. The first kappa shape index (κ1) is 18.4. The van der Waals surface area contributed by atoms with Gasteiger partial charge in [0.05, 0.1) is 11.8 Å². The van der Waals surface area contributed by atoms with Gasteiger partial charge in [-0.15, -0.1) is 0 Å². The Labute approximate surface area is 162 Å². The SMILES string of the molecule is Cc1cc(C[C@@H]2CN(C(=O)CCc3nc(-c4ccccc4)no3)C[C@H]2O)n[nH]1. The molecule has 3 heterocycles. The number of aromatic nitrogens is 4. The molecule has 4 rings (SSSR count). The van der Waals surface area contributed by atoms with E-state index in [1.165, 1.54) is 0 Å². The maximum Gasteiger partial charge on any atom is 0.227 e. The number of aliphatic hydroxyl groups is 1. The molecular formula is C20H23N5O3. The van der Waals surface area contributed by atoms with Gasteiger partial charge in [-0.05, 0) is 19.4 Å². The van der Waals surface area contributed by atoms with Gasteiger partial charge < -0.3 is 14.5 Å². The molecule has 0 unspecified atom stereocenters. The maximum absolute atomic E-state index is 12.5. The van der Waals surface area contributed by atoms with Crippen LogP contribution < -0.4 is 0 Å². The summed E-state index contributed by atoms with van der Waals surface area (Å²) in [5.41, 5.74) is 2.78. The van der Waals surface area contributed by atoms with Crippen molar-refractivity contribution < 1.29 is 14.4 Å². The normalized spacial score (nSPS) is 19.3. The smallest absolute Gasteiger partial charge is 0.227 e. The van der Waals surface area contributed by atoms with E-state index in [-0.39, 0.29) is 18.2 Å². The molecule has 1 aliphatic rings. The summed E-state index contributed by atoms with van der Waals surface area (Å²) < 4.78 is 5.26. The van der Waals surface area contributed by atoms with E-state index < -0.39 is 6.10 Å².